The predicted octanol–water partition coefficient (Wildman–Crippen LogP) is 6.61. The minimum absolute atomic E-state index is 0.0334. The fraction of sp³-hybridized carbons (Fsp3) is 0.500. The van der Waals surface area contributed by atoms with Gasteiger partial charge in [0.05, 0.1) is 31.0 Å². The first-order valence-electron chi connectivity index (χ1n) is 22.7. The smallest absolute Gasteiger partial charge is 0.332 e. The second-order valence-corrected chi connectivity index (χ2v) is 30.6. The summed E-state index contributed by atoms with van der Waals surface area (Å²) in [4.78, 5) is 60.7. The van der Waals surface area contributed by atoms with E-state index in [2.05, 4.69) is 74.2 Å². The van der Waals surface area contributed by atoms with E-state index in [9.17, 15) is 9.59 Å². The summed E-state index contributed by atoms with van der Waals surface area (Å²) in [5.41, 5.74) is 4.65. The van der Waals surface area contributed by atoms with E-state index in [1.807, 2.05) is 27.4 Å². The highest BCUT2D eigenvalue weighted by atomic mass is 35.5. The zero-order chi connectivity index (χ0) is 47.1. The highest BCUT2D eigenvalue weighted by Gasteiger charge is 2.27. The monoisotopic (exact) mass is 970 g/mol. The molecule has 8 aromatic rings. The summed E-state index contributed by atoms with van der Waals surface area (Å²) in [6.45, 7) is 18.1. The van der Waals surface area contributed by atoms with Gasteiger partial charge in [0.1, 0.15) is 30.2 Å². The van der Waals surface area contributed by atoms with Crippen LogP contribution in [0.15, 0.2) is 77.8 Å². The third-order valence-electron chi connectivity index (χ3n) is 11.7. The Balaban J connectivity index is 0.000000157. The Morgan fingerprint density at radius 3 is 1.72 bits per heavy atom. The van der Waals surface area contributed by atoms with Crippen molar-refractivity contribution in [3.63, 3.8) is 0 Å². The maximum Gasteiger partial charge on any atom is 0.332 e. The molecule has 0 radical (unpaired) electrons. The van der Waals surface area contributed by atoms with Crippen LogP contribution in [0.2, 0.25) is 56.7 Å². The highest BCUT2D eigenvalue weighted by Crippen LogP contribution is 2.27. The fourth-order valence-corrected chi connectivity index (χ4v) is 9.50. The molecular weight excluding hydrogens is 912 g/mol. The molecule has 2 aliphatic heterocycles. The van der Waals surface area contributed by atoms with Gasteiger partial charge in [0, 0.05) is 105 Å². The summed E-state index contributed by atoms with van der Waals surface area (Å²) in [6, 6.07) is 2.20. The number of ether oxygens (including phenoxy) is 4. The fourth-order valence-electron chi connectivity index (χ4n) is 7.86. The number of hydrogen-bond donors (Lipinski definition) is 0. The molecule has 0 bridgehead atoms. The number of rotatable bonds is 13. The van der Waals surface area contributed by atoms with E-state index in [-0.39, 0.29) is 42.2 Å². The Morgan fingerprint density at radius 2 is 1.15 bits per heavy atom. The quantitative estimate of drug-likeness (QED) is 0.0679. The molecule has 0 atom stereocenters. The lowest BCUT2D eigenvalue weighted by atomic mass is 10.1. The molecule has 10 heterocycles. The number of fused-ring (bicyclic) bond motifs is 4. The number of aromatic nitrogens is 14. The Kier molecular flexibility index (Phi) is 15.2. The molecule has 356 valence electrons. The van der Waals surface area contributed by atoms with Crippen molar-refractivity contribution in [3.05, 3.63) is 94.4 Å². The lowest BCUT2D eigenvalue weighted by molar-refractivity contribution is 0.0667. The van der Waals surface area contributed by atoms with Crippen LogP contribution in [0, 0.1) is 0 Å². The van der Waals surface area contributed by atoms with E-state index in [0.29, 0.717) is 73.4 Å². The summed E-state index contributed by atoms with van der Waals surface area (Å²) >= 11 is 5.97. The van der Waals surface area contributed by atoms with Crippen molar-refractivity contribution < 1.29 is 18.9 Å². The summed E-state index contributed by atoms with van der Waals surface area (Å²) in [5, 5.41) is 0.144. The van der Waals surface area contributed by atoms with E-state index < -0.39 is 16.1 Å². The summed E-state index contributed by atoms with van der Waals surface area (Å²) in [6.07, 6.45) is 22.3. The number of imidazole rings is 4. The van der Waals surface area contributed by atoms with Gasteiger partial charge >= 0.3 is 11.4 Å². The molecule has 2 fully saturated rings. The molecule has 20 nitrogen and oxygen atoms in total. The summed E-state index contributed by atoms with van der Waals surface area (Å²) in [7, 11) is -2.38. The van der Waals surface area contributed by atoms with E-state index in [1.54, 1.807) is 67.8 Å². The lowest BCUT2D eigenvalue weighted by Crippen LogP contribution is -2.31. The molecular formula is C44H59ClN14O6Si2. The van der Waals surface area contributed by atoms with Crippen molar-refractivity contribution in [1.82, 2.24) is 66.9 Å². The Morgan fingerprint density at radius 1 is 0.627 bits per heavy atom. The normalized spacial score (nSPS) is 15.3. The third kappa shape index (κ3) is 11.6. The van der Waals surface area contributed by atoms with Crippen molar-refractivity contribution in [2.75, 3.05) is 39.6 Å². The van der Waals surface area contributed by atoms with Crippen LogP contribution in [0.1, 0.15) is 37.8 Å². The minimum Gasteiger partial charge on any atom is -0.381 e. The summed E-state index contributed by atoms with van der Waals surface area (Å²) in [5.74, 6) is 0.513. The van der Waals surface area contributed by atoms with Gasteiger partial charge in [0.25, 0.3) is 0 Å². The topological polar surface area (TPSA) is 203 Å². The Bertz CT molecular complexity index is 3000. The van der Waals surface area contributed by atoms with Gasteiger partial charge in [-0.15, -0.1) is 0 Å². The maximum absolute atomic E-state index is 13.5. The van der Waals surface area contributed by atoms with Gasteiger partial charge in [0.2, 0.25) is 5.28 Å². The second-order valence-electron chi connectivity index (χ2n) is 19.0. The molecule has 67 heavy (non-hydrogen) atoms. The number of hydrogen-bond acceptors (Lipinski definition) is 14. The second kappa shape index (κ2) is 21.2. The first-order valence-corrected chi connectivity index (χ1v) is 30.5. The van der Waals surface area contributed by atoms with Gasteiger partial charge in [0.15, 0.2) is 28.4 Å². The molecule has 10 rings (SSSR count). The first kappa shape index (κ1) is 48.0. The zero-order valence-electron chi connectivity index (χ0n) is 39.0. The van der Waals surface area contributed by atoms with Crippen LogP contribution in [-0.4, -0.2) is 123 Å². The van der Waals surface area contributed by atoms with E-state index in [1.165, 1.54) is 0 Å². The summed E-state index contributed by atoms with van der Waals surface area (Å²) < 4.78 is 33.2. The lowest BCUT2D eigenvalue weighted by Gasteiger charge is -2.22. The van der Waals surface area contributed by atoms with Crippen molar-refractivity contribution in [3.8, 4) is 11.5 Å². The third-order valence-corrected chi connectivity index (χ3v) is 15.3. The standard InChI is InChI=1S/C22H29N7O3Si.C16H25ClN4O3Si.C6H5N3/c1-33(2,3)11-10-32-15-28-18-13-25-20(17-12-24-19-14-23-6-7-27(17)19)26-21(18)29(22(28)30)16-4-8-31-9-5-16;1-25(2,3)9-8-24-11-20-13-10-18-15(17)19-14(13)21(16(20)22)12-4-6-23-7-5-12;1-3-9-4-2-8-6(9)5-7-1/h6-7,12-14,16H,4-5,8-11,15H2,1-3H3;10,12H,4-9,11H2,1-3H3;1-5H. The van der Waals surface area contributed by atoms with Crippen LogP contribution in [-0.2, 0) is 32.4 Å². The molecule has 0 N–H and O–H groups in total. The molecule has 2 saturated heterocycles. The molecule has 0 aromatic carbocycles. The van der Waals surface area contributed by atoms with Crippen molar-refractivity contribution in [2.45, 2.75) is 103 Å². The molecule has 0 spiro atoms. The van der Waals surface area contributed by atoms with Crippen LogP contribution >= 0.6 is 11.6 Å². The van der Waals surface area contributed by atoms with Gasteiger partial charge in [-0.2, -0.15) is 4.98 Å². The van der Waals surface area contributed by atoms with E-state index in [4.69, 9.17) is 35.5 Å². The molecule has 0 aliphatic carbocycles. The van der Waals surface area contributed by atoms with E-state index in [0.717, 1.165) is 49.1 Å². The Labute approximate surface area is 394 Å². The van der Waals surface area contributed by atoms with Crippen LogP contribution in [0.4, 0.5) is 0 Å². The SMILES string of the molecule is C[Si](C)(C)CCOCn1c(=O)n(C2CCOCC2)c2nc(-c3cnc4cnccn34)ncc21.C[Si](C)(C)CCOCn1c(=O)n(C2CCOCC2)c2nc(Cl)ncc21.c1cn2ccnc2cn1. The largest absolute Gasteiger partial charge is 0.381 e. The number of halogens is 1. The molecule has 0 unspecified atom stereocenters. The van der Waals surface area contributed by atoms with Crippen molar-refractivity contribution >= 4 is 61.4 Å². The van der Waals surface area contributed by atoms with E-state index >= 15 is 0 Å². The average molecular weight is 972 g/mol. The van der Waals surface area contributed by atoms with Crippen LogP contribution < -0.4 is 11.4 Å². The molecule has 0 saturated carbocycles. The van der Waals surface area contributed by atoms with Gasteiger partial charge < -0.3 is 23.3 Å². The van der Waals surface area contributed by atoms with Gasteiger partial charge in [-0.3, -0.25) is 32.6 Å². The molecule has 8 aromatic heterocycles. The maximum atomic E-state index is 13.5. The molecule has 23 heteroatoms. The van der Waals surface area contributed by atoms with Gasteiger partial charge in [-0.25, -0.2) is 34.5 Å². The van der Waals surface area contributed by atoms with Gasteiger partial charge in [-0.05, 0) is 49.4 Å². The average Bonchev–Trinajstić information content (AvgIpc) is 4.09. The van der Waals surface area contributed by atoms with Crippen molar-refractivity contribution in [2.24, 2.45) is 0 Å². The van der Waals surface area contributed by atoms with Crippen LogP contribution in [0.5, 0.6) is 0 Å². The van der Waals surface area contributed by atoms with Crippen LogP contribution in [0.3, 0.4) is 0 Å². The van der Waals surface area contributed by atoms with Crippen LogP contribution in [0.25, 0.3) is 45.1 Å². The minimum atomic E-state index is -1.21. The Hall–Kier alpha value is -5.50. The first-order chi connectivity index (χ1) is 32.3. The highest BCUT2D eigenvalue weighted by molar-refractivity contribution is 6.76. The number of nitrogens with zero attached hydrogens (tertiary/aromatic N) is 14. The van der Waals surface area contributed by atoms with Gasteiger partial charge in [-0.1, -0.05) is 39.3 Å². The molecule has 0 amide bonds. The predicted molar refractivity (Wildman–Crippen MR) is 260 cm³/mol. The molecule has 2 aliphatic rings. The zero-order valence-corrected chi connectivity index (χ0v) is 41.7. The van der Waals surface area contributed by atoms with Crippen molar-refractivity contribution in [1.29, 1.82) is 0 Å².